The molecule has 0 fully saturated rings. The van der Waals surface area contributed by atoms with Gasteiger partial charge >= 0.3 is 0 Å². The van der Waals surface area contributed by atoms with Crippen LogP contribution < -0.4 is 4.74 Å². The fourth-order valence-corrected chi connectivity index (χ4v) is 5.04. The summed E-state index contributed by atoms with van der Waals surface area (Å²) in [6, 6.07) is 18.8. The molecule has 8 heteroatoms. The van der Waals surface area contributed by atoms with Gasteiger partial charge in [0.15, 0.2) is 5.76 Å². The fraction of sp³-hybridized carbons (Fsp3) is 0.312. The molecule has 0 radical (unpaired) electrons. The number of carbonyl (C=O) groups is 2. The van der Waals surface area contributed by atoms with Gasteiger partial charge in [-0.2, -0.15) is 0 Å². The van der Waals surface area contributed by atoms with E-state index < -0.39 is 0 Å². The Morgan fingerprint density at radius 1 is 1.07 bits per heavy atom. The first-order chi connectivity index (χ1) is 19.3. The molecule has 3 heterocycles. The Balaban J connectivity index is 1.33. The molecular weight excluding hydrogens is 511 g/mol. The van der Waals surface area contributed by atoms with Crippen molar-refractivity contribution < 1.29 is 27.6 Å². The molecule has 1 atom stereocenters. The number of halogens is 1. The predicted octanol–water partition coefficient (Wildman–Crippen LogP) is 6.38. The summed E-state index contributed by atoms with van der Waals surface area (Å²) in [6.07, 6.45) is 2.74. The Labute approximate surface area is 233 Å². The van der Waals surface area contributed by atoms with Crippen LogP contribution in [0.5, 0.6) is 5.75 Å². The van der Waals surface area contributed by atoms with Gasteiger partial charge in [0.25, 0.3) is 5.91 Å². The molecule has 5 rings (SSSR count). The lowest BCUT2D eigenvalue weighted by Gasteiger charge is -2.38. The van der Waals surface area contributed by atoms with E-state index in [1.165, 1.54) is 17.0 Å². The number of fused-ring (bicyclic) bond motifs is 1. The second-order valence-corrected chi connectivity index (χ2v) is 10.5. The lowest BCUT2D eigenvalue weighted by molar-refractivity contribution is -0.134. The molecule has 2 amide bonds. The lowest BCUT2D eigenvalue weighted by Crippen LogP contribution is -2.41. The molecule has 0 unspecified atom stereocenters. The summed E-state index contributed by atoms with van der Waals surface area (Å²) in [6.45, 7) is 5.11. The normalized spacial score (nSPS) is 14.7. The summed E-state index contributed by atoms with van der Waals surface area (Å²) in [5, 5.41) is 0. The third kappa shape index (κ3) is 6.11. The molecule has 4 aromatic rings. The molecule has 208 valence electrons. The molecule has 40 heavy (non-hydrogen) atoms. The molecule has 0 bridgehead atoms. The van der Waals surface area contributed by atoms with Crippen molar-refractivity contribution in [3.05, 3.63) is 113 Å². The highest BCUT2D eigenvalue weighted by atomic mass is 19.1. The smallest absolute Gasteiger partial charge is 0.289 e. The van der Waals surface area contributed by atoms with Crippen molar-refractivity contribution in [2.45, 2.75) is 45.9 Å². The molecule has 0 spiro atoms. The second kappa shape index (κ2) is 11.8. The SMILES string of the molecule is CC(C)CC(=O)N1CCc2ccc(OCc3ccc(C(=O)N(C)Cc4ccco4)o3)cc2[C@H]1c1ccc(F)cc1. The van der Waals surface area contributed by atoms with Gasteiger partial charge in [-0.1, -0.05) is 32.0 Å². The summed E-state index contributed by atoms with van der Waals surface area (Å²) < 4.78 is 30.9. The Morgan fingerprint density at radius 2 is 1.88 bits per heavy atom. The van der Waals surface area contributed by atoms with E-state index >= 15 is 0 Å². The van der Waals surface area contributed by atoms with Gasteiger partial charge in [-0.05, 0) is 77.6 Å². The van der Waals surface area contributed by atoms with Crippen LogP contribution in [-0.2, 0) is 24.4 Å². The number of hydrogen-bond acceptors (Lipinski definition) is 5. The van der Waals surface area contributed by atoms with Gasteiger partial charge in [-0.3, -0.25) is 9.59 Å². The standard InChI is InChI=1S/C32H33FN2O5/c1-21(2)17-30(36)35-15-14-22-8-11-25(18-28(22)31(35)23-6-9-24(33)10-7-23)39-20-27-12-13-29(40-27)32(37)34(3)19-26-5-4-16-38-26/h4-13,16,18,21,31H,14-15,17,19-20H2,1-3H3/t31-/m1/s1. The minimum absolute atomic E-state index is 0.0751. The van der Waals surface area contributed by atoms with Crippen LogP contribution in [0.3, 0.4) is 0 Å². The topological polar surface area (TPSA) is 76.1 Å². The van der Waals surface area contributed by atoms with E-state index in [2.05, 4.69) is 0 Å². The van der Waals surface area contributed by atoms with Crippen molar-refractivity contribution in [1.29, 1.82) is 0 Å². The van der Waals surface area contributed by atoms with Crippen LogP contribution in [0.1, 0.15) is 65.1 Å². The van der Waals surface area contributed by atoms with Crippen molar-refractivity contribution in [2.75, 3.05) is 13.6 Å². The van der Waals surface area contributed by atoms with Crippen LogP contribution in [-0.4, -0.2) is 35.2 Å². The molecule has 1 aliphatic heterocycles. The monoisotopic (exact) mass is 544 g/mol. The zero-order valence-electron chi connectivity index (χ0n) is 22.9. The van der Waals surface area contributed by atoms with Gasteiger partial charge in [-0.25, -0.2) is 4.39 Å². The van der Waals surface area contributed by atoms with Crippen LogP contribution in [0.15, 0.2) is 81.8 Å². The number of hydrogen-bond donors (Lipinski definition) is 0. The van der Waals surface area contributed by atoms with E-state index in [-0.39, 0.29) is 42.0 Å². The largest absolute Gasteiger partial charge is 0.486 e. The van der Waals surface area contributed by atoms with Gasteiger partial charge in [0.1, 0.15) is 29.7 Å². The predicted molar refractivity (Wildman–Crippen MR) is 147 cm³/mol. The third-order valence-electron chi connectivity index (χ3n) is 7.01. The number of nitrogens with zero attached hydrogens (tertiary/aromatic N) is 2. The molecule has 0 saturated carbocycles. The van der Waals surface area contributed by atoms with Crippen molar-refractivity contribution in [3.8, 4) is 5.75 Å². The Kier molecular flexibility index (Phi) is 8.05. The molecule has 7 nitrogen and oxygen atoms in total. The van der Waals surface area contributed by atoms with E-state index in [4.69, 9.17) is 13.6 Å². The molecule has 0 aliphatic carbocycles. The summed E-state index contributed by atoms with van der Waals surface area (Å²) in [7, 11) is 1.68. The minimum atomic E-state index is -0.336. The quantitative estimate of drug-likeness (QED) is 0.244. The van der Waals surface area contributed by atoms with E-state index in [1.807, 2.05) is 43.0 Å². The van der Waals surface area contributed by atoms with E-state index in [1.54, 1.807) is 43.6 Å². The maximum Gasteiger partial charge on any atom is 0.289 e. The molecule has 2 aromatic heterocycles. The number of furan rings is 2. The van der Waals surface area contributed by atoms with Gasteiger partial charge in [0.05, 0.1) is 18.8 Å². The zero-order valence-corrected chi connectivity index (χ0v) is 22.9. The number of benzene rings is 2. The number of carbonyl (C=O) groups excluding carboxylic acids is 2. The van der Waals surface area contributed by atoms with Crippen LogP contribution in [0.2, 0.25) is 0 Å². The van der Waals surface area contributed by atoms with E-state index in [0.29, 0.717) is 36.8 Å². The maximum absolute atomic E-state index is 13.7. The number of amides is 2. The summed E-state index contributed by atoms with van der Waals surface area (Å²) in [5.41, 5.74) is 2.94. The minimum Gasteiger partial charge on any atom is -0.486 e. The van der Waals surface area contributed by atoms with Crippen LogP contribution in [0, 0.1) is 11.7 Å². The second-order valence-electron chi connectivity index (χ2n) is 10.5. The lowest BCUT2D eigenvalue weighted by atomic mass is 9.87. The van der Waals surface area contributed by atoms with Crippen molar-refractivity contribution in [3.63, 3.8) is 0 Å². The molecule has 2 aromatic carbocycles. The van der Waals surface area contributed by atoms with Gasteiger partial charge < -0.3 is 23.4 Å². The van der Waals surface area contributed by atoms with Gasteiger partial charge in [0.2, 0.25) is 5.91 Å². The van der Waals surface area contributed by atoms with Crippen LogP contribution >= 0.6 is 0 Å². The Morgan fingerprint density at radius 3 is 2.60 bits per heavy atom. The summed E-state index contributed by atoms with van der Waals surface area (Å²) in [4.78, 5) is 29.4. The zero-order chi connectivity index (χ0) is 28.2. The molecular formula is C32H33FN2O5. The van der Waals surface area contributed by atoms with Crippen molar-refractivity contribution >= 4 is 11.8 Å². The first kappa shape index (κ1) is 27.2. The first-order valence-corrected chi connectivity index (χ1v) is 13.5. The van der Waals surface area contributed by atoms with Crippen molar-refractivity contribution in [1.82, 2.24) is 9.80 Å². The highest BCUT2D eigenvalue weighted by Crippen LogP contribution is 2.38. The molecule has 0 saturated heterocycles. The Bertz CT molecular complexity index is 1460. The summed E-state index contributed by atoms with van der Waals surface area (Å²) >= 11 is 0. The number of rotatable bonds is 9. The van der Waals surface area contributed by atoms with Crippen LogP contribution in [0.25, 0.3) is 0 Å². The van der Waals surface area contributed by atoms with E-state index in [9.17, 15) is 14.0 Å². The van der Waals surface area contributed by atoms with Crippen LogP contribution in [0.4, 0.5) is 4.39 Å². The average Bonchev–Trinajstić information content (AvgIpc) is 3.63. The van der Waals surface area contributed by atoms with Gasteiger partial charge in [0, 0.05) is 20.0 Å². The highest BCUT2D eigenvalue weighted by molar-refractivity contribution is 5.91. The van der Waals surface area contributed by atoms with Crippen molar-refractivity contribution in [2.24, 2.45) is 5.92 Å². The van der Waals surface area contributed by atoms with Gasteiger partial charge in [-0.15, -0.1) is 0 Å². The highest BCUT2D eigenvalue weighted by Gasteiger charge is 2.32. The number of ether oxygens (including phenoxy) is 1. The molecule has 0 N–H and O–H groups in total. The third-order valence-corrected chi connectivity index (χ3v) is 7.01. The Hall–Kier alpha value is -4.33. The molecule has 1 aliphatic rings. The first-order valence-electron chi connectivity index (χ1n) is 13.5. The maximum atomic E-state index is 13.7. The van der Waals surface area contributed by atoms with E-state index in [0.717, 1.165) is 23.1 Å². The summed E-state index contributed by atoms with van der Waals surface area (Å²) in [5.74, 6) is 1.75. The fourth-order valence-electron chi connectivity index (χ4n) is 5.04. The average molecular weight is 545 g/mol.